The quantitative estimate of drug-likeness (QED) is 0.710. The van der Waals surface area contributed by atoms with Gasteiger partial charge in [-0.25, -0.2) is 4.39 Å². The maximum Gasteiger partial charge on any atom is 0.123 e. The highest BCUT2D eigenvalue weighted by atomic mass is 19.1. The topological polar surface area (TPSA) is 33.0 Å². The number of rotatable bonds is 6. The monoisotopic (exact) mass is 297 g/mol. The molecule has 0 aliphatic rings. The van der Waals surface area contributed by atoms with Crippen LogP contribution < -0.4 is 4.74 Å². The van der Waals surface area contributed by atoms with Crippen molar-refractivity contribution < 1.29 is 9.13 Å². The Hall–Kier alpha value is -2.34. The molecule has 2 aromatic rings. The lowest BCUT2D eigenvalue weighted by Crippen LogP contribution is -2.03. The molecule has 0 aliphatic heterocycles. The van der Waals surface area contributed by atoms with Gasteiger partial charge in [-0.2, -0.15) is 5.26 Å². The molecule has 0 radical (unpaired) electrons. The lowest BCUT2D eigenvalue weighted by atomic mass is 9.96. The summed E-state index contributed by atoms with van der Waals surface area (Å²) >= 11 is 0. The molecule has 0 amide bonds. The second kappa shape index (κ2) is 7.61. The van der Waals surface area contributed by atoms with Crippen molar-refractivity contribution in [2.75, 3.05) is 6.61 Å². The van der Waals surface area contributed by atoms with Crippen molar-refractivity contribution in [2.45, 2.75) is 32.6 Å². The molecule has 2 rings (SSSR count). The van der Waals surface area contributed by atoms with Crippen LogP contribution >= 0.6 is 0 Å². The van der Waals surface area contributed by atoms with Gasteiger partial charge in [0.2, 0.25) is 0 Å². The molecular formula is C19H20FNO. The molecule has 0 bridgehead atoms. The SMILES string of the molecule is Cc1ccc(OCCCC(C#N)c2ccc(F)cc2)c(C)c1. The number of halogens is 1. The Kier molecular flexibility index (Phi) is 5.55. The summed E-state index contributed by atoms with van der Waals surface area (Å²) in [6.45, 7) is 4.65. The van der Waals surface area contributed by atoms with Crippen LogP contribution in [-0.4, -0.2) is 6.61 Å². The highest BCUT2D eigenvalue weighted by molar-refractivity contribution is 5.35. The van der Waals surface area contributed by atoms with Gasteiger partial charge in [-0.15, -0.1) is 0 Å². The first kappa shape index (κ1) is 16.0. The van der Waals surface area contributed by atoms with Gasteiger partial charge in [0.05, 0.1) is 18.6 Å². The van der Waals surface area contributed by atoms with E-state index in [9.17, 15) is 9.65 Å². The van der Waals surface area contributed by atoms with Gasteiger partial charge in [-0.05, 0) is 56.0 Å². The summed E-state index contributed by atoms with van der Waals surface area (Å²) in [5.41, 5.74) is 3.19. The van der Waals surface area contributed by atoms with Crippen LogP contribution in [0.5, 0.6) is 5.75 Å². The Morgan fingerprint density at radius 1 is 1.14 bits per heavy atom. The number of aryl methyl sites for hydroxylation is 2. The summed E-state index contributed by atoms with van der Waals surface area (Å²) in [6.07, 6.45) is 1.48. The number of nitrogens with zero attached hydrogens (tertiary/aromatic N) is 1. The molecule has 0 aliphatic carbocycles. The third-order valence-electron chi connectivity index (χ3n) is 3.65. The standard InChI is InChI=1S/C19H20FNO/c1-14-5-10-19(15(2)12-14)22-11-3-4-17(13-21)16-6-8-18(20)9-7-16/h5-10,12,17H,3-4,11H2,1-2H3. The molecule has 0 heterocycles. The molecule has 0 aromatic heterocycles. The molecule has 2 nitrogen and oxygen atoms in total. The van der Waals surface area contributed by atoms with E-state index in [1.165, 1.54) is 17.7 Å². The van der Waals surface area contributed by atoms with Crippen LogP contribution in [0.25, 0.3) is 0 Å². The number of hydrogen-bond acceptors (Lipinski definition) is 2. The summed E-state index contributed by atoms with van der Waals surface area (Å²) in [5, 5.41) is 9.26. The van der Waals surface area contributed by atoms with E-state index in [2.05, 4.69) is 19.1 Å². The van der Waals surface area contributed by atoms with Crippen molar-refractivity contribution >= 4 is 0 Å². The van der Waals surface area contributed by atoms with Gasteiger partial charge in [0.25, 0.3) is 0 Å². The second-order valence-corrected chi connectivity index (χ2v) is 5.49. The predicted molar refractivity (Wildman–Crippen MR) is 85.4 cm³/mol. The number of nitriles is 1. The van der Waals surface area contributed by atoms with Gasteiger partial charge < -0.3 is 4.74 Å². The van der Waals surface area contributed by atoms with Crippen LogP contribution in [0.15, 0.2) is 42.5 Å². The van der Waals surface area contributed by atoms with Crippen molar-refractivity contribution in [3.05, 3.63) is 65.0 Å². The molecular weight excluding hydrogens is 277 g/mol. The van der Waals surface area contributed by atoms with Crippen LogP contribution in [0.3, 0.4) is 0 Å². The fraction of sp³-hybridized carbons (Fsp3) is 0.316. The van der Waals surface area contributed by atoms with Crippen LogP contribution in [0, 0.1) is 31.0 Å². The minimum Gasteiger partial charge on any atom is -0.493 e. The van der Waals surface area contributed by atoms with Gasteiger partial charge in [-0.3, -0.25) is 0 Å². The third-order valence-corrected chi connectivity index (χ3v) is 3.65. The lowest BCUT2D eigenvalue weighted by Gasteiger charge is -2.12. The summed E-state index contributed by atoms with van der Waals surface area (Å²) < 4.78 is 18.7. The zero-order chi connectivity index (χ0) is 15.9. The summed E-state index contributed by atoms with van der Waals surface area (Å²) in [4.78, 5) is 0. The highest BCUT2D eigenvalue weighted by Crippen LogP contribution is 2.22. The zero-order valence-electron chi connectivity index (χ0n) is 13.0. The van der Waals surface area contributed by atoms with Crippen molar-refractivity contribution in [2.24, 2.45) is 0 Å². The minimum atomic E-state index is -0.279. The first-order valence-electron chi connectivity index (χ1n) is 7.45. The van der Waals surface area contributed by atoms with E-state index in [0.717, 1.165) is 23.3 Å². The van der Waals surface area contributed by atoms with Crippen molar-refractivity contribution in [1.29, 1.82) is 5.26 Å². The molecule has 22 heavy (non-hydrogen) atoms. The Morgan fingerprint density at radius 3 is 2.50 bits per heavy atom. The van der Waals surface area contributed by atoms with Crippen molar-refractivity contribution in [1.82, 2.24) is 0 Å². The second-order valence-electron chi connectivity index (χ2n) is 5.49. The molecule has 0 spiro atoms. The van der Waals surface area contributed by atoms with Gasteiger partial charge in [0, 0.05) is 0 Å². The first-order valence-corrected chi connectivity index (χ1v) is 7.45. The van der Waals surface area contributed by atoms with Crippen LogP contribution in [0.4, 0.5) is 4.39 Å². The van der Waals surface area contributed by atoms with Crippen LogP contribution in [-0.2, 0) is 0 Å². The molecule has 0 fully saturated rings. The Bertz CT molecular complexity index is 658. The Labute approximate surface area is 131 Å². The van der Waals surface area contributed by atoms with E-state index in [4.69, 9.17) is 4.74 Å². The molecule has 0 N–H and O–H groups in total. The smallest absolute Gasteiger partial charge is 0.123 e. The van der Waals surface area contributed by atoms with Gasteiger partial charge >= 0.3 is 0 Å². The maximum absolute atomic E-state index is 12.9. The first-order chi connectivity index (χ1) is 10.6. The minimum absolute atomic E-state index is 0.219. The molecule has 114 valence electrons. The maximum atomic E-state index is 12.9. The fourth-order valence-corrected chi connectivity index (χ4v) is 2.43. The summed E-state index contributed by atoms with van der Waals surface area (Å²) in [5.74, 6) is 0.392. The third kappa shape index (κ3) is 4.33. The Balaban J connectivity index is 1.84. The van der Waals surface area contributed by atoms with E-state index in [-0.39, 0.29) is 11.7 Å². The molecule has 0 saturated heterocycles. The molecule has 3 heteroatoms. The predicted octanol–water partition coefficient (Wildman–Crippen LogP) is 4.91. The molecule has 0 saturated carbocycles. The van der Waals surface area contributed by atoms with Gasteiger partial charge in [-0.1, -0.05) is 29.8 Å². The average Bonchev–Trinajstić information content (AvgIpc) is 2.50. The van der Waals surface area contributed by atoms with E-state index >= 15 is 0 Å². The molecule has 2 aromatic carbocycles. The Morgan fingerprint density at radius 2 is 1.86 bits per heavy atom. The summed E-state index contributed by atoms with van der Waals surface area (Å²) in [7, 11) is 0. The average molecular weight is 297 g/mol. The van der Waals surface area contributed by atoms with E-state index < -0.39 is 0 Å². The number of benzene rings is 2. The number of hydrogen-bond donors (Lipinski definition) is 0. The van der Waals surface area contributed by atoms with E-state index in [1.807, 2.05) is 19.1 Å². The molecule has 1 unspecified atom stereocenters. The normalized spacial score (nSPS) is 11.7. The fourth-order valence-electron chi connectivity index (χ4n) is 2.43. The van der Waals surface area contributed by atoms with Crippen LogP contribution in [0.1, 0.15) is 35.4 Å². The lowest BCUT2D eigenvalue weighted by molar-refractivity contribution is 0.303. The highest BCUT2D eigenvalue weighted by Gasteiger charge is 2.10. The van der Waals surface area contributed by atoms with Crippen molar-refractivity contribution in [3.8, 4) is 11.8 Å². The van der Waals surface area contributed by atoms with Gasteiger partial charge in [0.1, 0.15) is 11.6 Å². The zero-order valence-corrected chi connectivity index (χ0v) is 13.0. The molecule has 1 atom stereocenters. The van der Waals surface area contributed by atoms with Gasteiger partial charge in [0.15, 0.2) is 0 Å². The van der Waals surface area contributed by atoms with Crippen LogP contribution in [0.2, 0.25) is 0 Å². The van der Waals surface area contributed by atoms with E-state index in [0.29, 0.717) is 13.0 Å². The van der Waals surface area contributed by atoms with E-state index in [1.54, 1.807) is 12.1 Å². The largest absolute Gasteiger partial charge is 0.493 e. The summed E-state index contributed by atoms with van der Waals surface area (Å²) in [6, 6.07) is 14.5. The number of ether oxygens (including phenoxy) is 1. The van der Waals surface area contributed by atoms with Crippen molar-refractivity contribution in [3.63, 3.8) is 0 Å².